The summed E-state index contributed by atoms with van der Waals surface area (Å²) >= 11 is 0. The number of benzene rings is 2. The maximum absolute atomic E-state index is 4.71. The predicted molar refractivity (Wildman–Crippen MR) is 100 cm³/mol. The summed E-state index contributed by atoms with van der Waals surface area (Å²) in [6, 6.07) is 15.0. The minimum atomic E-state index is 1.02. The first-order valence-electron chi connectivity index (χ1n) is 7.87. The minimum absolute atomic E-state index is 1.02. The number of aryl methyl sites for hydroxylation is 3. The van der Waals surface area contributed by atoms with Gasteiger partial charge in [0, 0.05) is 42.2 Å². The highest BCUT2D eigenvalue weighted by Crippen LogP contribution is 2.30. The van der Waals surface area contributed by atoms with E-state index in [4.69, 9.17) is 4.98 Å². The highest BCUT2D eigenvalue weighted by atomic mass is 15.1. The third-order valence-corrected chi connectivity index (χ3v) is 4.04. The Hall–Kier alpha value is -2.55. The molecule has 118 valence electrons. The molecule has 1 aromatic heterocycles. The molecule has 0 radical (unpaired) electrons. The summed E-state index contributed by atoms with van der Waals surface area (Å²) in [6.07, 6.45) is 0. The van der Waals surface area contributed by atoms with Gasteiger partial charge in [0.15, 0.2) is 0 Å². The van der Waals surface area contributed by atoms with Crippen molar-refractivity contribution in [3.63, 3.8) is 0 Å². The number of aromatic nitrogens is 1. The number of fused-ring (bicyclic) bond motifs is 1. The zero-order valence-electron chi connectivity index (χ0n) is 14.4. The molecule has 0 bridgehead atoms. The number of hydrogen-bond acceptors (Lipinski definition) is 3. The van der Waals surface area contributed by atoms with Gasteiger partial charge in [0.25, 0.3) is 0 Å². The molecule has 0 fully saturated rings. The van der Waals surface area contributed by atoms with E-state index < -0.39 is 0 Å². The maximum atomic E-state index is 4.71. The van der Waals surface area contributed by atoms with E-state index in [0.717, 1.165) is 22.6 Å². The van der Waals surface area contributed by atoms with Gasteiger partial charge in [0.05, 0.1) is 5.52 Å². The van der Waals surface area contributed by atoms with Gasteiger partial charge in [-0.15, -0.1) is 0 Å². The molecular formula is C20H23N3. The molecule has 0 atom stereocenters. The standard InChI is InChI=1S/C20H23N3/c1-13-10-14(2)20-18(11-13)19(12-15(3)21-20)22-16-6-8-17(9-7-16)23(4)5/h6-12H,1-5H3,(H,21,22). The quantitative estimate of drug-likeness (QED) is 0.740. The molecule has 0 saturated carbocycles. The van der Waals surface area contributed by atoms with Crippen molar-refractivity contribution in [1.82, 2.24) is 4.98 Å². The Morgan fingerprint density at radius 3 is 2.26 bits per heavy atom. The third kappa shape index (κ3) is 3.14. The van der Waals surface area contributed by atoms with Gasteiger partial charge < -0.3 is 10.2 Å². The maximum Gasteiger partial charge on any atom is 0.0755 e. The van der Waals surface area contributed by atoms with Crippen LogP contribution in [-0.4, -0.2) is 19.1 Å². The molecule has 1 N–H and O–H groups in total. The molecule has 2 aromatic carbocycles. The molecular weight excluding hydrogens is 282 g/mol. The molecule has 0 aliphatic rings. The normalized spacial score (nSPS) is 10.8. The largest absolute Gasteiger partial charge is 0.378 e. The molecule has 23 heavy (non-hydrogen) atoms. The molecule has 0 aliphatic carbocycles. The lowest BCUT2D eigenvalue weighted by Crippen LogP contribution is -2.08. The van der Waals surface area contributed by atoms with Gasteiger partial charge >= 0.3 is 0 Å². The summed E-state index contributed by atoms with van der Waals surface area (Å²) in [4.78, 5) is 6.81. The summed E-state index contributed by atoms with van der Waals surface area (Å²) in [5.41, 5.74) is 7.96. The van der Waals surface area contributed by atoms with Crippen molar-refractivity contribution in [2.24, 2.45) is 0 Å². The van der Waals surface area contributed by atoms with Crippen molar-refractivity contribution >= 4 is 28.0 Å². The lowest BCUT2D eigenvalue weighted by atomic mass is 10.0. The van der Waals surface area contributed by atoms with Crippen molar-refractivity contribution in [1.29, 1.82) is 0 Å². The van der Waals surface area contributed by atoms with Crippen LogP contribution in [0.5, 0.6) is 0 Å². The van der Waals surface area contributed by atoms with Gasteiger partial charge in [-0.2, -0.15) is 0 Å². The van der Waals surface area contributed by atoms with Crippen LogP contribution in [0.25, 0.3) is 10.9 Å². The topological polar surface area (TPSA) is 28.2 Å². The second-order valence-electron chi connectivity index (χ2n) is 6.36. The zero-order chi connectivity index (χ0) is 16.6. The predicted octanol–water partition coefficient (Wildman–Crippen LogP) is 4.97. The van der Waals surface area contributed by atoms with E-state index in [9.17, 15) is 0 Å². The molecule has 0 spiro atoms. The average molecular weight is 305 g/mol. The summed E-state index contributed by atoms with van der Waals surface area (Å²) in [5.74, 6) is 0. The fourth-order valence-corrected chi connectivity index (χ4v) is 2.91. The third-order valence-electron chi connectivity index (χ3n) is 4.04. The van der Waals surface area contributed by atoms with Crippen LogP contribution in [0.3, 0.4) is 0 Å². The Morgan fingerprint density at radius 2 is 1.61 bits per heavy atom. The Bertz CT molecular complexity index is 849. The second-order valence-corrected chi connectivity index (χ2v) is 6.36. The van der Waals surface area contributed by atoms with E-state index in [2.05, 4.69) is 66.5 Å². The molecule has 3 heteroatoms. The first-order chi connectivity index (χ1) is 10.9. The molecule has 0 saturated heterocycles. The fraction of sp³-hybridized carbons (Fsp3) is 0.250. The van der Waals surface area contributed by atoms with Gasteiger partial charge in [0.2, 0.25) is 0 Å². The van der Waals surface area contributed by atoms with E-state index >= 15 is 0 Å². The second kappa shape index (κ2) is 5.92. The molecule has 0 aliphatic heterocycles. The number of pyridine rings is 1. The summed E-state index contributed by atoms with van der Waals surface area (Å²) in [6.45, 7) is 6.29. The summed E-state index contributed by atoms with van der Waals surface area (Å²) in [7, 11) is 4.10. The van der Waals surface area contributed by atoms with Crippen molar-refractivity contribution < 1.29 is 0 Å². The summed E-state index contributed by atoms with van der Waals surface area (Å²) < 4.78 is 0. The highest BCUT2D eigenvalue weighted by Gasteiger charge is 2.08. The van der Waals surface area contributed by atoms with Crippen molar-refractivity contribution in [3.8, 4) is 0 Å². The Balaban J connectivity index is 2.05. The van der Waals surface area contributed by atoms with Crippen LogP contribution in [-0.2, 0) is 0 Å². The highest BCUT2D eigenvalue weighted by molar-refractivity contribution is 5.95. The van der Waals surface area contributed by atoms with E-state index in [0.29, 0.717) is 0 Å². The number of nitrogens with zero attached hydrogens (tertiary/aromatic N) is 2. The Morgan fingerprint density at radius 1 is 0.913 bits per heavy atom. The molecule has 1 heterocycles. The van der Waals surface area contributed by atoms with Crippen LogP contribution in [0.1, 0.15) is 16.8 Å². The Labute approximate surface area is 138 Å². The van der Waals surface area contributed by atoms with Crippen LogP contribution in [0.4, 0.5) is 17.1 Å². The van der Waals surface area contributed by atoms with Gasteiger partial charge in [-0.25, -0.2) is 0 Å². The zero-order valence-corrected chi connectivity index (χ0v) is 14.4. The van der Waals surface area contributed by atoms with Crippen molar-refractivity contribution in [3.05, 3.63) is 59.3 Å². The number of nitrogens with one attached hydrogen (secondary N) is 1. The molecule has 0 unspecified atom stereocenters. The van der Waals surface area contributed by atoms with Gasteiger partial charge in [-0.1, -0.05) is 11.6 Å². The van der Waals surface area contributed by atoms with E-state index in [1.165, 1.54) is 22.2 Å². The SMILES string of the molecule is Cc1cc(C)c2nc(C)cc(Nc3ccc(N(C)C)cc3)c2c1. The number of rotatable bonds is 3. The minimum Gasteiger partial charge on any atom is -0.378 e. The monoisotopic (exact) mass is 305 g/mol. The van der Waals surface area contributed by atoms with Crippen LogP contribution < -0.4 is 10.2 Å². The average Bonchev–Trinajstić information content (AvgIpc) is 2.49. The number of anilines is 3. The molecule has 3 rings (SSSR count). The van der Waals surface area contributed by atoms with Crippen LogP contribution in [0.2, 0.25) is 0 Å². The molecule has 3 nitrogen and oxygen atoms in total. The van der Waals surface area contributed by atoms with E-state index in [1.54, 1.807) is 0 Å². The lowest BCUT2D eigenvalue weighted by molar-refractivity contribution is 1.13. The molecule has 0 amide bonds. The van der Waals surface area contributed by atoms with Crippen LogP contribution >= 0.6 is 0 Å². The van der Waals surface area contributed by atoms with Crippen LogP contribution in [0, 0.1) is 20.8 Å². The Kier molecular flexibility index (Phi) is 3.95. The molecule has 3 aromatic rings. The fourth-order valence-electron chi connectivity index (χ4n) is 2.91. The van der Waals surface area contributed by atoms with Gasteiger partial charge in [-0.05, 0) is 62.7 Å². The first-order valence-corrected chi connectivity index (χ1v) is 7.87. The van der Waals surface area contributed by atoms with Crippen molar-refractivity contribution in [2.45, 2.75) is 20.8 Å². The van der Waals surface area contributed by atoms with Crippen LogP contribution in [0.15, 0.2) is 42.5 Å². The lowest BCUT2D eigenvalue weighted by Gasteiger charge is -2.15. The van der Waals surface area contributed by atoms with Gasteiger partial charge in [0.1, 0.15) is 0 Å². The summed E-state index contributed by atoms with van der Waals surface area (Å²) in [5, 5.41) is 4.72. The number of hydrogen-bond donors (Lipinski definition) is 1. The van der Waals surface area contributed by atoms with E-state index in [-0.39, 0.29) is 0 Å². The first kappa shape index (κ1) is 15.3. The van der Waals surface area contributed by atoms with Gasteiger partial charge in [-0.3, -0.25) is 4.98 Å². The van der Waals surface area contributed by atoms with Crippen molar-refractivity contribution in [2.75, 3.05) is 24.3 Å². The smallest absolute Gasteiger partial charge is 0.0755 e. The van der Waals surface area contributed by atoms with E-state index in [1.807, 2.05) is 21.0 Å².